The molecule has 0 aromatic carbocycles. The van der Waals surface area contributed by atoms with Gasteiger partial charge in [0, 0.05) is 52.9 Å². The van der Waals surface area contributed by atoms with E-state index >= 15 is 0 Å². The molecule has 0 aromatic heterocycles. The first-order valence-corrected chi connectivity index (χ1v) is 9.31. The Bertz CT molecular complexity index is 441. The second-order valence-electron chi connectivity index (χ2n) is 6.54. The zero-order valence-corrected chi connectivity index (χ0v) is 18.1. The number of nitrogens with zero attached hydrogens (tertiary/aromatic N) is 4. The Labute approximate surface area is 169 Å². The quantitative estimate of drug-likeness (QED) is 0.222. The molecule has 2 aliphatic heterocycles. The number of piperazine rings is 1. The Morgan fingerprint density at radius 3 is 2.32 bits per heavy atom. The number of halogens is 1. The summed E-state index contributed by atoms with van der Waals surface area (Å²) in [5, 5.41) is 3.41. The molecule has 0 bridgehead atoms. The minimum absolute atomic E-state index is 0. The Kier molecular flexibility index (Phi) is 11.1. The Morgan fingerprint density at radius 1 is 1.04 bits per heavy atom. The van der Waals surface area contributed by atoms with Crippen molar-refractivity contribution in [3.05, 3.63) is 12.2 Å². The summed E-state index contributed by atoms with van der Waals surface area (Å²) in [4.78, 5) is 23.4. The van der Waals surface area contributed by atoms with Gasteiger partial charge in [-0.2, -0.15) is 0 Å². The topological polar surface area (TPSA) is 51.2 Å². The summed E-state index contributed by atoms with van der Waals surface area (Å²) in [6, 6.07) is 0. The second-order valence-corrected chi connectivity index (χ2v) is 6.54. The van der Waals surface area contributed by atoms with E-state index < -0.39 is 0 Å². The van der Waals surface area contributed by atoms with Crippen LogP contribution in [-0.2, 0) is 4.79 Å². The summed E-state index contributed by atoms with van der Waals surface area (Å²) in [6.07, 6.45) is 8.83. The van der Waals surface area contributed by atoms with Gasteiger partial charge in [-0.3, -0.25) is 14.7 Å². The fraction of sp³-hybridized carbons (Fsp3) is 0.778. The SMILES string of the molecule is CC=CCCNC(=NC)N1CCN(CC(=O)N2CCCCC2)CC1.I. The Hall–Kier alpha value is -0.830. The average Bonchev–Trinajstić information content (AvgIpc) is 2.63. The van der Waals surface area contributed by atoms with E-state index in [1.165, 1.54) is 6.42 Å². The summed E-state index contributed by atoms with van der Waals surface area (Å²) in [5.41, 5.74) is 0. The van der Waals surface area contributed by atoms with Gasteiger partial charge in [0.25, 0.3) is 0 Å². The van der Waals surface area contributed by atoms with Crippen molar-refractivity contribution >= 4 is 35.8 Å². The average molecular weight is 463 g/mol. The summed E-state index contributed by atoms with van der Waals surface area (Å²) < 4.78 is 0. The lowest BCUT2D eigenvalue weighted by atomic mass is 10.1. The van der Waals surface area contributed by atoms with Crippen molar-refractivity contribution in [1.29, 1.82) is 0 Å². The molecule has 0 spiro atoms. The predicted octanol–water partition coefficient (Wildman–Crippen LogP) is 1.78. The summed E-state index contributed by atoms with van der Waals surface area (Å²) in [7, 11) is 1.84. The van der Waals surface area contributed by atoms with Crippen LogP contribution in [0.5, 0.6) is 0 Å². The van der Waals surface area contributed by atoms with Crippen molar-refractivity contribution < 1.29 is 4.79 Å². The van der Waals surface area contributed by atoms with Crippen LogP contribution in [0.25, 0.3) is 0 Å². The Balaban J connectivity index is 0.00000312. The van der Waals surface area contributed by atoms with Crippen molar-refractivity contribution in [2.24, 2.45) is 4.99 Å². The molecule has 6 nitrogen and oxygen atoms in total. The van der Waals surface area contributed by atoms with E-state index in [0.29, 0.717) is 12.5 Å². The number of carbonyl (C=O) groups excluding carboxylic acids is 1. The zero-order valence-electron chi connectivity index (χ0n) is 15.7. The number of nitrogens with one attached hydrogen (secondary N) is 1. The molecule has 0 saturated carbocycles. The van der Waals surface area contributed by atoms with E-state index in [0.717, 1.165) is 71.0 Å². The molecule has 0 atom stereocenters. The number of allylic oxidation sites excluding steroid dienone is 1. The molecule has 2 heterocycles. The number of hydrogen-bond acceptors (Lipinski definition) is 3. The van der Waals surface area contributed by atoms with Crippen LogP contribution < -0.4 is 5.32 Å². The lowest BCUT2D eigenvalue weighted by molar-refractivity contribution is -0.133. The van der Waals surface area contributed by atoms with Gasteiger partial charge in [-0.15, -0.1) is 24.0 Å². The molecule has 7 heteroatoms. The number of guanidine groups is 1. The van der Waals surface area contributed by atoms with E-state index in [9.17, 15) is 4.79 Å². The summed E-state index contributed by atoms with van der Waals surface area (Å²) in [6.45, 7) is 9.12. The molecule has 25 heavy (non-hydrogen) atoms. The third-order valence-electron chi connectivity index (χ3n) is 4.78. The molecular weight excluding hydrogens is 429 g/mol. The molecular formula is C18H34IN5O. The van der Waals surface area contributed by atoms with Gasteiger partial charge in [0.2, 0.25) is 5.91 Å². The number of likely N-dealkylation sites (tertiary alicyclic amines) is 1. The van der Waals surface area contributed by atoms with E-state index in [1.54, 1.807) is 0 Å². The smallest absolute Gasteiger partial charge is 0.236 e. The molecule has 1 amide bonds. The lowest BCUT2D eigenvalue weighted by Gasteiger charge is -2.37. The second kappa shape index (κ2) is 12.5. The van der Waals surface area contributed by atoms with Crippen molar-refractivity contribution in [2.75, 3.05) is 59.4 Å². The van der Waals surface area contributed by atoms with Gasteiger partial charge in [-0.25, -0.2) is 0 Å². The molecule has 2 saturated heterocycles. The van der Waals surface area contributed by atoms with Gasteiger partial charge in [0.05, 0.1) is 6.54 Å². The fourth-order valence-electron chi connectivity index (χ4n) is 3.32. The molecule has 0 aromatic rings. The normalized spacial score (nSPS) is 19.8. The third-order valence-corrected chi connectivity index (χ3v) is 4.78. The molecule has 0 aliphatic carbocycles. The predicted molar refractivity (Wildman–Crippen MR) is 115 cm³/mol. The lowest BCUT2D eigenvalue weighted by Crippen LogP contribution is -2.54. The molecule has 0 unspecified atom stereocenters. The number of carbonyl (C=O) groups is 1. The van der Waals surface area contributed by atoms with Gasteiger partial charge in [0.15, 0.2) is 5.96 Å². The van der Waals surface area contributed by atoms with Crippen molar-refractivity contribution in [3.8, 4) is 0 Å². The van der Waals surface area contributed by atoms with Gasteiger partial charge in [-0.1, -0.05) is 12.2 Å². The van der Waals surface area contributed by atoms with Crippen LogP contribution in [0.2, 0.25) is 0 Å². The van der Waals surface area contributed by atoms with Crippen LogP contribution in [0.3, 0.4) is 0 Å². The first-order valence-electron chi connectivity index (χ1n) is 9.31. The van der Waals surface area contributed by atoms with Crippen LogP contribution in [0.1, 0.15) is 32.6 Å². The third kappa shape index (κ3) is 7.52. The largest absolute Gasteiger partial charge is 0.356 e. The summed E-state index contributed by atoms with van der Waals surface area (Å²) in [5.74, 6) is 1.28. The molecule has 2 fully saturated rings. The highest BCUT2D eigenvalue weighted by Crippen LogP contribution is 2.10. The first-order chi connectivity index (χ1) is 11.7. The van der Waals surface area contributed by atoms with E-state index in [4.69, 9.17) is 0 Å². The highest BCUT2D eigenvalue weighted by molar-refractivity contribution is 14.0. The van der Waals surface area contributed by atoms with Crippen molar-refractivity contribution in [2.45, 2.75) is 32.6 Å². The molecule has 144 valence electrons. The van der Waals surface area contributed by atoms with Gasteiger partial charge in [0.1, 0.15) is 0 Å². The van der Waals surface area contributed by atoms with Crippen LogP contribution in [0.4, 0.5) is 0 Å². The van der Waals surface area contributed by atoms with Crippen LogP contribution >= 0.6 is 24.0 Å². The van der Waals surface area contributed by atoms with Crippen LogP contribution in [-0.4, -0.2) is 86.0 Å². The first kappa shape index (κ1) is 22.2. The highest BCUT2D eigenvalue weighted by atomic mass is 127. The maximum absolute atomic E-state index is 12.4. The van der Waals surface area contributed by atoms with Gasteiger partial charge >= 0.3 is 0 Å². The number of aliphatic imine (C=N–C) groups is 1. The van der Waals surface area contributed by atoms with Crippen molar-refractivity contribution in [3.63, 3.8) is 0 Å². The number of hydrogen-bond donors (Lipinski definition) is 1. The minimum atomic E-state index is 0. The maximum atomic E-state index is 12.4. The maximum Gasteiger partial charge on any atom is 0.236 e. The highest BCUT2D eigenvalue weighted by Gasteiger charge is 2.23. The number of piperidine rings is 1. The number of amides is 1. The zero-order chi connectivity index (χ0) is 17.2. The summed E-state index contributed by atoms with van der Waals surface area (Å²) >= 11 is 0. The monoisotopic (exact) mass is 463 g/mol. The van der Waals surface area contributed by atoms with Gasteiger partial charge in [-0.05, 0) is 32.6 Å². The molecule has 0 radical (unpaired) electrons. The van der Waals surface area contributed by atoms with Crippen molar-refractivity contribution in [1.82, 2.24) is 20.0 Å². The van der Waals surface area contributed by atoms with Gasteiger partial charge < -0.3 is 15.1 Å². The number of rotatable bonds is 5. The van der Waals surface area contributed by atoms with E-state index in [-0.39, 0.29) is 24.0 Å². The Morgan fingerprint density at radius 2 is 1.72 bits per heavy atom. The van der Waals surface area contributed by atoms with E-state index in [1.807, 2.05) is 18.9 Å². The minimum Gasteiger partial charge on any atom is -0.356 e. The standard InChI is InChI=1S/C18H33N5O.HI/c1-3-4-6-9-20-18(19-2)23-14-12-21(13-15-23)16-17(24)22-10-7-5-8-11-22;/h3-4H,5-16H2,1-2H3,(H,19,20);1H. The van der Waals surface area contributed by atoms with Crippen LogP contribution in [0, 0.1) is 0 Å². The molecule has 1 N–H and O–H groups in total. The van der Waals surface area contributed by atoms with Crippen LogP contribution in [0.15, 0.2) is 17.1 Å². The molecule has 2 aliphatic rings. The van der Waals surface area contributed by atoms with E-state index in [2.05, 4.69) is 32.3 Å². The molecule has 2 rings (SSSR count). The fourth-order valence-corrected chi connectivity index (χ4v) is 3.32.